The molecule has 3 nitrogen and oxygen atoms in total. The summed E-state index contributed by atoms with van der Waals surface area (Å²) in [6, 6.07) is 5.08. The van der Waals surface area contributed by atoms with Gasteiger partial charge in [-0.25, -0.2) is 4.99 Å². The fourth-order valence-corrected chi connectivity index (χ4v) is 3.27. The van der Waals surface area contributed by atoms with Crippen LogP contribution in [-0.4, -0.2) is 22.9 Å². The quantitative estimate of drug-likeness (QED) is 0.676. The summed E-state index contributed by atoms with van der Waals surface area (Å²) < 4.78 is 0. The summed E-state index contributed by atoms with van der Waals surface area (Å²) in [6.45, 7) is 5.23. The van der Waals surface area contributed by atoms with Gasteiger partial charge in [0, 0.05) is 10.9 Å². The Bertz CT molecular complexity index is 392. The number of nitrogens with zero attached hydrogens (tertiary/aromatic N) is 2. The third-order valence-corrected chi connectivity index (χ3v) is 4.57. The lowest BCUT2D eigenvalue weighted by atomic mass is 9.96. The smallest absolute Gasteiger partial charge is 0.192 e. The molecule has 106 valence electrons. The molecule has 0 spiro atoms. The van der Waals surface area contributed by atoms with E-state index in [0.29, 0.717) is 12.1 Å². The molecule has 0 amide bonds. The van der Waals surface area contributed by atoms with Gasteiger partial charge in [0.2, 0.25) is 0 Å². The van der Waals surface area contributed by atoms with Crippen molar-refractivity contribution in [2.45, 2.75) is 64.6 Å². The van der Waals surface area contributed by atoms with Crippen molar-refractivity contribution in [3.63, 3.8) is 0 Å². The van der Waals surface area contributed by atoms with Crippen LogP contribution in [0, 0.1) is 0 Å². The van der Waals surface area contributed by atoms with Gasteiger partial charge in [-0.1, -0.05) is 25.3 Å². The molecule has 1 aromatic heterocycles. The van der Waals surface area contributed by atoms with Crippen LogP contribution >= 0.6 is 11.3 Å². The lowest BCUT2D eigenvalue weighted by Crippen LogP contribution is -2.42. The van der Waals surface area contributed by atoms with Crippen LogP contribution in [0.4, 0.5) is 0 Å². The van der Waals surface area contributed by atoms with Crippen molar-refractivity contribution in [1.29, 1.82) is 0 Å². The third kappa shape index (κ3) is 4.23. The third-order valence-electron chi connectivity index (χ3n) is 3.71. The van der Waals surface area contributed by atoms with Crippen LogP contribution in [0.25, 0.3) is 0 Å². The van der Waals surface area contributed by atoms with Gasteiger partial charge in [-0.3, -0.25) is 0 Å². The largest absolute Gasteiger partial charge is 0.370 e. The fourth-order valence-electron chi connectivity index (χ4n) is 2.57. The van der Waals surface area contributed by atoms with E-state index in [1.807, 2.05) is 0 Å². The molecule has 0 bridgehead atoms. The zero-order valence-electron chi connectivity index (χ0n) is 12.0. The first-order valence-corrected chi connectivity index (χ1v) is 8.17. The molecule has 0 radical (unpaired) electrons. The normalized spacial score (nSPS) is 17.9. The predicted molar refractivity (Wildman–Crippen MR) is 83.5 cm³/mol. The Balaban J connectivity index is 2.02. The number of nitrogens with two attached hydrogens (primary N) is 1. The summed E-state index contributed by atoms with van der Waals surface area (Å²) >= 11 is 1.78. The Morgan fingerprint density at radius 2 is 2.16 bits per heavy atom. The van der Waals surface area contributed by atoms with E-state index >= 15 is 0 Å². The molecule has 0 atom stereocenters. The minimum Gasteiger partial charge on any atom is -0.370 e. The second-order valence-corrected chi connectivity index (χ2v) is 6.61. The Morgan fingerprint density at radius 3 is 2.74 bits per heavy atom. The maximum absolute atomic E-state index is 6.25. The van der Waals surface area contributed by atoms with Gasteiger partial charge in [0.05, 0.1) is 12.6 Å². The highest BCUT2D eigenvalue weighted by molar-refractivity contribution is 7.09. The van der Waals surface area contributed by atoms with Gasteiger partial charge in [-0.05, 0) is 38.1 Å². The van der Waals surface area contributed by atoms with Crippen LogP contribution in [0.15, 0.2) is 22.5 Å². The van der Waals surface area contributed by atoms with E-state index in [1.54, 1.807) is 11.3 Å². The second-order valence-electron chi connectivity index (χ2n) is 5.58. The first-order chi connectivity index (χ1) is 9.16. The van der Waals surface area contributed by atoms with Crippen LogP contribution in [0.3, 0.4) is 0 Å². The Morgan fingerprint density at radius 1 is 1.42 bits per heavy atom. The van der Waals surface area contributed by atoms with Crippen molar-refractivity contribution in [1.82, 2.24) is 4.90 Å². The summed E-state index contributed by atoms with van der Waals surface area (Å²) in [5.41, 5.74) is 6.25. The molecule has 1 aliphatic rings. The molecule has 1 heterocycles. The van der Waals surface area contributed by atoms with Gasteiger partial charge in [0.1, 0.15) is 0 Å². The highest BCUT2D eigenvalue weighted by atomic mass is 32.1. The average molecular weight is 279 g/mol. The van der Waals surface area contributed by atoms with E-state index in [9.17, 15) is 0 Å². The van der Waals surface area contributed by atoms with Crippen LogP contribution < -0.4 is 5.73 Å². The van der Waals surface area contributed by atoms with Gasteiger partial charge in [0.15, 0.2) is 5.96 Å². The first kappa shape index (κ1) is 14.4. The van der Waals surface area contributed by atoms with Crippen molar-refractivity contribution >= 4 is 17.3 Å². The maximum atomic E-state index is 6.25. The Hall–Kier alpha value is -1.03. The van der Waals surface area contributed by atoms with Gasteiger partial charge in [-0.2, -0.15) is 0 Å². The molecule has 0 aliphatic heterocycles. The molecular formula is C15H25N3S. The molecule has 2 rings (SSSR count). The summed E-state index contributed by atoms with van der Waals surface area (Å²) in [6.07, 6.45) is 6.36. The number of guanidine groups is 1. The van der Waals surface area contributed by atoms with Crippen LogP contribution in [0.1, 0.15) is 50.8 Å². The molecule has 1 aliphatic carbocycles. The Kier molecular flexibility index (Phi) is 5.25. The SMILES string of the molecule is CC(C)N(Cc1cccs1)C(N)=NC1CCCCC1. The molecule has 1 saturated carbocycles. The predicted octanol–water partition coefficient (Wildman–Crippen LogP) is 3.61. The highest BCUT2D eigenvalue weighted by Gasteiger charge is 2.17. The standard InChI is InChI=1S/C15H25N3S/c1-12(2)18(11-14-9-6-10-19-14)15(16)17-13-7-4-3-5-8-13/h6,9-10,12-13H,3-5,7-8,11H2,1-2H3,(H2,16,17). The average Bonchev–Trinajstić information content (AvgIpc) is 2.89. The van der Waals surface area contributed by atoms with Crippen molar-refractivity contribution in [2.75, 3.05) is 0 Å². The number of aliphatic imine (C=N–C) groups is 1. The summed E-state index contributed by atoms with van der Waals surface area (Å²) in [5.74, 6) is 0.718. The molecule has 0 aromatic carbocycles. The van der Waals surface area contributed by atoms with Crippen molar-refractivity contribution in [3.8, 4) is 0 Å². The lowest BCUT2D eigenvalue weighted by Gasteiger charge is -2.29. The van der Waals surface area contributed by atoms with E-state index in [-0.39, 0.29) is 0 Å². The Labute approximate surface area is 120 Å². The monoisotopic (exact) mass is 279 g/mol. The van der Waals surface area contributed by atoms with Crippen LogP contribution in [-0.2, 0) is 6.54 Å². The van der Waals surface area contributed by atoms with Crippen LogP contribution in [0.5, 0.6) is 0 Å². The molecule has 1 fully saturated rings. The lowest BCUT2D eigenvalue weighted by molar-refractivity contribution is 0.335. The van der Waals surface area contributed by atoms with Gasteiger partial charge >= 0.3 is 0 Å². The van der Waals surface area contributed by atoms with Crippen molar-refractivity contribution in [2.24, 2.45) is 10.7 Å². The highest BCUT2D eigenvalue weighted by Crippen LogP contribution is 2.21. The molecule has 19 heavy (non-hydrogen) atoms. The molecular weight excluding hydrogens is 254 g/mol. The van der Waals surface area contributed by atoms with E-state index in [1.165, 1.54) is 37.0 Å². The zero-order chi connectivity index (χ0) is 13.7. The van der Waals surface area contributed by atoms with E-state index in [2.05, 4.69) is 36.3 Å². The van der Waals surface area contributed by atoms with E-state index in [4.69, 9.17) is 10.7 Å². The zero-order valence-corrected chi connectivity index (χ0v) is 12.8. The topological polar surface area (TPSA) is 41.6 Å². The molecule has 0 unspecified atom stereocenters. The summed E-state index contributed by atoms with van der Waals surface area (Å²) in [5, 5.41) is 2.11. The first-order valence-electron chi connectivity index (χ1n) is 7.29. The van der Waals surface area contributed by atoms with E-state index in [0.717, 1.165) is 12.5 Å². The minimum atomic E-state index is 0.384. The van der Waals surface area contributed by atoms with Gasteiger partial charge in [-0.15, -0.1) is 11.3 Å². The number of hydrogen-bond acceptors (Lipinski definition) is 2. The molecule has 0 saturated heterocycles. The summed E-state index contributed by atoms with van der Waals surface area (Å²) in [7, 11) is 0. The number of rotatable bonds is 4. The molecule has 1 aromatic rings. The number of thiophene rings is 1. The minimum absolute atomic E-state index is 0.384. The van der Waals surface area contributed by atoms with Gasteiger partial charge in [0.25, 0.3) is 0 Å². The fraction of sp³-hybridized carbons (Fsp3) is 0.667. The van der Waals surface area contributed by atoms with Gasteiger partial charge < -0.3 is 10.6 Å². The van der Waals surface area contributed by atoms with Crippen molar-refractivity contribution < 1.29 is 0 Å². The maximum Gasteiger partial charge on any atom is 0.192 e. The molecule has 4 heteroatoms. The number of hydrogen-bond donors (Lipinski definition) is 1. The second kappa shape index (κ2) is 6.94. The van der Waals surface area contributed by atoms with Crippen LogP contribution in [0.2, 0.25) is 0 Å². The summed E-state index contributed by atoms with van der Waals surface area (Å²) in [4.78, 5) is 8.31. The van der Waals surface area contributed by atoms with Crippen molar-refractivity contribution in [3.05, 3.63) is 22.4 Å². The molecule has 2 N–H and O–H groups in total. The van der Waals surface area contributed by atoms with E-state index < -0.39 is 0 Å².